The van der Waals surface area contributed by atoms with Gasteiger partial charge in [0, 0.05) is 25.1 Å². The number of carbonyl (C=O) groups is 3. The number of benzene rings is 1. The van der Waals surface area contributed by atoms with Gasteiger partial charge in [-0.05, 0) is 31.4 Å². The molecule has 10 heteroatoms. The predicted molar refractivity (Wildman–Crippen MR) is 121 cm³/mol. The van der Waals surface area contributed by atoms with Crippen molar-refractivity contribution in [3.8, 4) is 0 Å². The molecule has 0 unspecified atom stereocenters. The lowest BCUT2D eigenvalue weighted by Crippen LogP contribution is -2.40. The molecule has 1 N–H and O–H groups in total. The first kappa shape index (κ1) is 23.0. The van der Waals surface area contributed by atoms with Crippen LogP contribution >= 0.6 is 23.1 Å². The largest absolute Gasteiger partial charge is 0.465 e. The zero-order valence-electron chi connectivity index (χ0n) is 17.2. The van der Waals surface area contributed by atoms with E-state index in [0.29, 0.717) is 42.0 Å². The number of hydrogen-bond acceptors (Lipinski definition) is 8. The van der Waals surface area contributed by atoms with Gasteiger partial charge in [0.2, 0.25) is 16.9 Å². The molecular formula is C21H24N4O4S2. The minimum Gasteiger partial charge on any atom is -0.465 e. The molecule has 3 rings (SSSR count). The van der Waals surface area contributed by atoms with Gasteiger partial charge < -0.3 is 15.0 Å². The number of esters is 1. The van der Waals surface area contributed by atoms with Crippen LogP contribution in [0.25, 0.3) is 6.08 Å². The van der Waals surface area contributed by atoms with Crippen LogP contribution in [0.3, 0.4) is 0 Å². The molecule has 2 aromatic rings. The fourth-order valence-electron chi connectivity index (χ4n) is 3.05. The second-order valence-electron chi connectivity index (χ2n) is 6.80. The van der Waals surface area contributed by atoms with Crippen LogP contribution in [0.5, 0.6) is 0 Å². The summed E-state index contributed by atoms with van der Waals surface area (Å²) in [7, 11) is 0. The van der Waals surface area contributed by atoms with Crippen molar-refractivity contribution < 1.29 is 19.1 Å². The summed E-state index contributed by atoms with van der Waals surface area (Å²) in [4.78, 5) is 38.1. The maximum atomic E-state index is 12.5. The fraction of sp³-hybridized carbons (Fsp3) is 0.381. The van der Waals surface area contributed by atoms with Crippen LogP contribution in [0.15, 0.2) is 40.7 Å². The third-order valence-corrected chi connectivity index (χ3v) is 6.60. The van der Waals surface area contributed by atoms with Gasteiger partial charge in [0.05, 0.1) is 12.4 Å². The molecule has 164 valence electrons. The molecule has 0 bridgehead atoms. The SMILES string of the molecule is CCOC(=O)CSc1nnc(NC(=O)C2CCN(C(=O)/C=C/c3ccccc3)CC2)s1. The zero-order valence-corrected chi connectivity index (χ0v) is 18.8. The molecular weight excluding hydrogens is 436 g/mol. The van der Waals surface area contributed by atoms with Gasteiger partial charge in [0.1, 0.15) is 0 Å². The number of hydrogen-bond donors (Lipinski definition) is 1. The van der Waals surface area contributed by atoms with Crippen LogP contribution in [-0.4, -0.2) is 58.3 Å². The lowest BCUT2D eigenvalue weighted by molar-refractivity contribution is -0.139. The number of thioether (sulfide) groups is 1. The van der Waals surface area contributed by atoms with Gasteiger partial charge in [-0.25, -0.2) is 0 Å². The number of carbonyl (C=O) groups excluding carboxylic acids is 3. The van der Waals surface area contributed by atoms with E-state index in [1.165, 1.54) is 23.1 Å². The quantitative estimate of drug-likeness (QED) is 0.280. The van der Waals surface area contributed by atoms with E-state index in [0.717, 1.165) is 5.56 Å². The molecule has 1 saturated heterocycles. The number of anilines is 1. The van der Waals surface area contributed by atoms with E-state index in [9.17, 15) is 14.4 Å². The number of ether oxygens (including phenoxy) is 1. The highest BCUT2D eigenvalue weighted by Gasteiger charge is 2.27. The number of nitrogens with zero attached hydrogens (tertiary/aromatic N) is 3. The number of amides is 2. The lowest BCUT2D eigenvalue weighted by atomic mass is 9.96. The molecule has 0 aliphatic carbocycles. The minimum atomic E-state index is -0.312. The highest BCUT2D eigenvalue weighted by atomic mass is 32.2. The summed E-state index contributed by atoms with van der Waals surface area (Å²) in [6, 6.07) is 9.66. The Morgan fingerprint density at radius 3 is 2.68 bits per heavy atom. The summed E-state index contributed by atoms with van der Waals surface area (Å²) < 4.78 is 5.46. The van der Waals surface area contributed by atoms with Crippen molar-refractivity contribution in [2.45, 2.75) is 24.1 Å². The van der Waals surface area contributed by atoms with E-state index < -0.39 is 0 Å². The molecule has 31 heavy (non-hydrogen) atoms. The van der Waals surface area contributed by atoms with Gasteiger partial charge >= 0.3 is 5.97 Å². The summed E-state index contributed by atoms with van der Waals surface area (Å²) in [6.45, 7) is 3.16. The molecule has 0 radical (unpaired) electrons. The Morgan fingerprint density at radius 2 is 1.97 bits per heavy atom. The third-order valence-electron chi connectivity index (χ3n) is 4.65. The van der Waals surface area contributed by atoms with Gasteiger partial charge in [-0.3, -0.25) is 14.4 Å². The Labute approximate surface area is 189 Å². The van der Waals surface area contributed by atoms with Crippen molar-refractivity contribution in [3.05, 3.63) is 42.0 Å². The molecule has 1 aliphatic rings. The summed E-state index contributed by atoms with van der Waals surface area (Å²) in [5, 5.41) is 11.1. The normalized spacial score (nSPS) is 14.5. The smallest absolute Gasteiger partial charge is 0.316 e. The Kier molecular flexibility index (Phi) is 8.60. The maximum Gasteiger partial charge on any atom is 0.316 e. The summed E-state index contributed by atoms with van der Waals surface area (Å²) in [6.07, 6.45) is 4.57. The average molecular weight is 461 g/mol. The van der Waals surface area contributed by atoms with Crippen LogP contribution in [-0.2, 0) is 19.1 Å². The second kappa shape index (κ2) is 11.6. The lowest BCUT2D eigenvalue weighted by Gasteiger charge is -2.30. The predicted octanol–water partition coefficient (Wildman–Crippen LogP) is 3.08. The molecule has 0 saturated carbocycles. The van der Waals surface area contributed by atoms with Gasteiger partial charge in [0.25, 0.3) is 0 Å². The topological polar surface area (TPSA) is 101 Å². The molecule has 1 aromatic carbocycles. The van der Waals surface area contributed by atoms with Crippen molar-refractivity contribution in [1.29, 1.82) is 0 Å². The molecule has 2 heterocycles. The molecule has 0 spiro atoms. The average Bonchev–Trinajstić information content (AvgIpc) is 3.24. The van der Waals surface area contributed by atoms with Gasteiger partial charge in [-0.2, -0.15) is 0 Å². The van der Waals surface area contributed by atoms with Crippen molar-refractivity contribution in [2.24, 2.45) is 5.92 Å². The number of likely N-dealkylation sites (tertiary alicyclic amines) is 1. The first-order valence-corrected chi connectivity index (χ1v) is 11.8. The molecule has 8 nitrogen and oxygen atoms in total. The Morgan fingerprint density at radius 1 is 1.23 bits per heavy atom. The molecule has 2 amide bonds. The van der Waals surface area contributed by atoms with Crippen molar-refractivity contribution in [1.82, 2.24) is 15.1 Å². The Hall–Kier alpha value is -2.72. The number of aromatic nitrogens is 2. The Bertz CT molecular complexity index is 924. The van der Waals surface area contributed by atoms with Gasteiger partial charge in [-0.15, -0.1) is 10.2 Å². The summed E-state index contributed by atoms with van der Waals surface area (Å²) in [5.74, 6) is -0.503. The molecule has 1 fully saturated rings. The first-order valence-electron chi connectivity index (χ1n) is 10.00. The van der Waals surface area contributed by atoms with Crippen LogP contribution in [0.2, 0.25) is 0 Å². The van der Waals surface area contributed by atoms with Crippen LogP contribution in [0, 0.1) is 5.92 Å². The van der Waals surface area contributed by atoms with E-state index >= 15 is 0 Å². The van der Waals surface area contributed by atoms with E-state index in [4.69, 9.17) is 4.74 Å². The first-order chi connectivity index (χ1) is 15.0. The third kappa shape index (κ3) is 7.18. The minimum absolute atomic E-state index is 0.0462. The summed E-state index contributed by atoms with van der Waals surface area (Å²) >= 11 is 2.45. The monoisotopic (exact) mass is 460 g/mol. The zero-order chi connectivity index (χ0) is 22.1. The highest BCUT2D eigenvalue weighted by Crippen LogP contribution is 2.27. The van der Waals surface area contributed by atoms with Crippen molar-refractivity contribution in [2.75, 3.05) is 30.8 Å². The van der Waals surface area contributed by atoms with Crippen LogP contribution in [0.1, 0.15) is 25.3 Å². The Balaban J connectivity index is 1.42. The highest BCUT2D eigenvalue weighted by molar-refractivity contribution is 8.01. The van der Waals surface area contributed by atoms with E-state index in [-0.39, 0.29) is 29.5 Å². The second-order valence-corrected chi connectivity index (χ2v) is 9.00. The number of nitrogens with one attached hydrogen (secondary N) is 1. The maximum absolute atomic E-state index is 12.5. The standard InChI is InChI=1S/C21H24N4O4S2/c1-2-29-18(27)14-30-21-24-23-20(31-21)22-19(28)16-10-12-25(13-11-16)17(26)9-8-15-6-4-3-5-7-15/h3-9,16H,2,10-14H2,1H3,(H,22,23,28)/b9-8+. The van der Waals surface area contributed by atoms with E-state index in [2.05, 4.69) is 15.5 Å². The molecule has 1 aliphatic heterocycles. The fourth-order valence-corrected chi connectivity index (χ4v) is 4.60. The number of rotatable bonds is 8. The van der Waals surface area contributed by atoms with Crippen LogP contribution < -0.4 is 5.32 Å². The van der Waals surface area contributed by atoms with Gasteiger partial charge in [-0.1, -0.05) is 53.4 Å². The molecule has 1 aromatic heterocycles. The summed E-state index contributed by atoms with van der Waals surface area (Å²) in [5.41, 5.74) is 0.974. The van der Waals surface area contributed by atoms with Crippen molar-refractivity contribution in [3.63, 3.8) is 0 Å². The molecule has 0 atom stereocenters. The van der Waals surface area contributed by atoms with Gasteiger partial charge in [0.15, 0.2) is 4.34 Å². The van der Waals surface area contributed by atoms with E-state index in [1.807, 2.05) is 30.3 Å². The van der Waals surface area contributed by atoms with Crippen molar-refractivity contribution >= 4 is 52.1 Å². The van der Waals surface area contributed by atoms with E-state index in [1.54, 1.807) is 24.0 Å². The van der Waals surface area contributed by atoms with Crippen LogP contribution in [0.4, 0.5) is 5.13 Å². The number of piperidine rings is 1.